The number of piperidine rings is 1. The Morgan fingerprint density at radius 1 is 1.35 bits per heavy atom. The van der Waals surface area contributed by atoms with Crippen LogP contribution in [0.25, 0.3) is 0 Å². The van der Waals surface area contributed by atoms with Crippen LogP contribution in [0.15, 0.2) is 18.2 Å². The molecule has 1 heterocycles. The lowest BCUT2D eigenvalue weighted by molar-refractivity contribution is 0.112. The first kappa shape index (κ1) is 12.2. The van der Waals surface area contributed by atoms with Gasteiger partial charge in [-0.1, -0.05) is 25.0 Å². The predicted octanol–water partition coefficient (Wildman–Crippen LogP) is 3.43. The van der Waals surface area contributed by atoms with E-state index in [0.29, 0.717) is 0 Å². The van der Waals surface area contributed by atoms with Crippen LogP contribution in [0.1, 0.15) is 42.1 Å². The summed E-state index contributed by atoms with van der Waals surface area (Å²) in [5.74, 6) is 0.872. The van der Waals surface area contributed by atoms with Gasteiger partial charge in [0.2, 0.25) is 0 Å². The zero-order valence-electron chi connectivity index (χ0n) is 10.8. The van der Waals surface area contributed by atoms with E-state index < -0.39 is 0 Å². The molecule has 0 aliphatic carbocycles. The molecule has 1 aromatic carbocycles. The molecule has 0 saturated carbocycles. The van der Waals surface area contributed by atoms with E-state index >= 15 is 0 Å². The van der Waals surface area contributed by atoms with Crippen LogP contribution in [-0.4, -0.2) is 19.4 Å². The molecule has 2 nitrogen and oxygen atoms in total. The zero-order valence-corrected chi connectivity index (χ0v) is 10.8. The van der Waals surface area contributed by atoms with Crippen molar-refractivity contribution in [3.63, 3.8) is 0 Å². The van der Waals surface area contributed by atoms with E-state index in [1.165, 1.54) is 19.3 Å². The number of benzene rings is 1. The van der Waals surface area contributed by atoms with Crippen molar-refractivity contribution < 1.29 is 4.79 Å². The minimum Gasteiger partial charge on any atom is -0.371 e. The van der Waals surface area contributed by atoms with Crippen LogP contribution in [0.5, 0.6) is 0 Å². The van der Waals surface area contributed by atoms with Crippen LogP contribution < -0.4 is 4.90 Å². The van der Waals surface area contributed by atoms with Crippen molar-refractivity contribution in [3.8, 4) is 0 Å². The fourth-order valence-electron chi connectivity index (χ4n) is 2.64. The minimum atomic E-state index is 0.833. The molecule has 1 fully saturated rings. The van der Waals surface area contributed by atoms with Gasteiger partial charge in [-0.25, -0.2) is 0 Å². The fourth-order valence-corrected chi connectivity index (χ4v) is 2.64. The van der Waals surface area contributed by atoms with E-state index in [2.05, 4.69) is 24.0 Å². The van der Waals surface area contributed by atoms with Gasteiger partial charge in [0.1, 0.15) is 0 Å². The third-order valence-electron chi connectivity index (χ3n) is 3.84. The number of hydrogen-bond acceptors (Lipinski definition) is 2. The first-order valence-corrected chi connectivity index (χ1v) is 6.55. The molecule has 1 aromatic rings. The van der Waals surface area contributed by atoms with E-state index in [-0.39, 0.29) is 0 Å². The van der Waals surface area contributed by atoms with Gasteiger partial charge in [0.15, 0.2) is 6.29 Å². The van der Waals surface area contributed by atoms with Gasteiger partial charge < -0.3 is 4.90 Å². The zero-order chi connectivity index (χ0) is 12.3. The van der Waals surface area contributed by atoms with Gasteiger partial charge >= 0.3 is 0 Å². The van der Waals surface area contributed by atoms with E-state index in [0.717, 1.165) is 42.1 Å². The highest BCUT2D eigenvalue weighted by atomic mass is 16.1. The van der Waals surface area contributed by atoms with Crippen LogP contribution >= 0.6 is 0 Å². The monoisotopic (exact) mass is 231 g/mol. The summed E-state index contributed by atoms with van der Waals surface area (Å²) >= 11 is 0. The standard InChI is InChI=1S/C15H21NO/c1-3-13-6-8-16(9-7-13)15-5-4-12(2)10-14(15)11-17/h4-5,10-11,13H,3,6-9H2,1-2H3. The van der Waals surface area contributed by atoms with Crippen LogP contribution in [-0.2, 0) is 0 Å². The molecule has 1 saturated heterocycles. The molecule has 1 aliphatic rings. The predicted molar refractivity (Wildman–Crippen MR) is 71.8 cm³/mol. The molecule has 2 rings (SSSR count). The Bertz CT molecular complexity index is 392. The molecule has 17 heavy (non-hydrogen) atoms. The number of rotatable bonds is 3. The first-order chi connectivity index (χ1) is 8.24. The molecule has 1 aliphatic heterocycles. The molecule has 0 radical (unpaired) electrons. The second kappa shape index (κ2) is 5.35. The molecular weight excluding hydrogens is 210 g/mol. The summed E-state index contributed by atoms with van der Waals surface area (Å²) in [6, 6.07) is 6.16. The number of anilines is 1. The third-order valence-corrected chi connectivity index (χ3v) is 3.84. The second-order valence-electron chi connectivity index (χ2n) is 5.02. The average Bonchev–Trinajstić information content (AvgIpc) is 2.39. The van der Waals surface area contributed by atoms with E-state index in [1.54, 1.807) is 0 Å². The van der Waals surface area contributed by atoms with Crippen molar-refractivity contribution in [3.05, 3.63) is 29.3 Å². The molecule has 92 valence electrons. The Morgan fingerprint density at radius 2 is 2.06 bits per heavy atom. The number of aldehydes is 1. The summed E-state index contributed by atoms with van der Waals surface area (Å²) in [6.45, 7) is 6.47. The van der Waals surface area contributed by atoms with Gasteiger partial charge in [0.05, 0.1) is 0 Å². The summed E-state index contributed by atoms with van der Waals surface area (Å²) in [6.07, 6.45) is 4.77. The summed E-state index contributed by atoms with van der Waals surface area (Å²) in [4.78, 5) is 13.5. The highest BCUT2D eigenvalue weighted by Gasteiger charge is 2.19. The van der Waals surface area contributed by atoms with Gasteiger partial charge in [0, 0.05) is 24.3 Å². The number of hydrogen-bond donors (Lipinski definition) is 0. The van der Waals surface area contributed by atoms with Crippen LogP contribution in [0.2, 0.25) is 0 Å². The minimum absolute atomic E-state index is 0.833. The van der Waals surface area contributed by atoms with Gasteiger partial charge in [-0.2, -0.15) is 0 Å². The highest BCUT2D eigenvalue weighted by Crippen LogP contribution is 2.27. The summed E-state index contributed by atoms with van der Waals surface area (Å²) in [5.41, 5.74) is 3.10. The topological polar surface area (TPSA) is 20.3 Å². The van der Waals surface area contributed by atoms with Crippen molar-refractivity contribution in [2.75, 3.05) is 18.0 Å². The van der Waals surface area contributed by atoms with Crippen molar-refractivity contribution in [2.24, 2.45) is 5.92 Å². The second-order valence-corrected chi connectivity index (χ2v) is 5.02. The molecule has 0 unspecified atom stereocenters. The Morgan fingerprint density at radius 3 is 2.65 bits per heavy atom. The maximum Gasteiger partial charge on any atom is 0.152 e. The SMILES string of the molecule is CCC1CCN(c2ccc(C)cc2C=O)CC1. The van der Waals surface area contributed by atoms with Crippen molar-refractivity contribution in [1.82, 2.24) is 0 Å². The molecule has 0 amide bonds. The molecule has 0 N–H and O–H groups in total. The van der Waals surface area contributed by atoms with Gasteiger partial charge in [-0.05, 0) is 37.8 Å². The van der Waals surface area contributed by atoms with Crippen LogP contribution in [0, 0.1) is 12.8 Å². The normalized spacial score (nSPS) is 17.2. The van der Waals surface area contributed by atoms with Gasteiger partial charge in [-0.15, -0.1) is 0 Å². The molecule has 0 atom stereocenters. The lowest BCUT2D eigenvalue weighted by atomic mass is 9.93. The van der Waals surface area contributed by atoms with E-state index in [4.69, 9.17) is 0 Å². The maximum absolute atomic E-state index is 11.1. The van der Waals surface area contributed by atoms with E-state index in [1.807, 2.05) is 13.0 Å². The van der Waals surface area contributed by atoms with Gasteiger partial charge in [0.25, 0.3) is 0 Å². The number of carbonyl (C=O) groups excluding carboxylic acids is 1. The van der Waals surface area contributed by atoms with Gasteiger partial charge in [-0.3, -0.25) is 4.79 Å². The lowest BCUT2D eigenvalue weighted by Gasteiger charge is -2.34. The van der Waals surface area contributed by atoms with Crippen molar-refractivity contribution in [2.45, 2.75) is 33.1 Å². The van der Waals surface area contributed by atoms with Crippen molar-refractivity contribution >= 4 is 12.0 Å². The molecule has 0 bridgehead atoms. The fraction of sp³-hybridized carbons (Fsp3) is 0.533. The summed E-state index contributed by atoms with van der Waals surface area (Å²) < 4.78 is 0. The number of aryl methyl sites for hydroxylation is 1. The molecule has 2 heteroatoms. The van der Waals surface area contributed by atoms with Crippen LogP contribution in [0.4, 0.5) is 5.69 Å². The lowest BCUT2D eigenvalue weighted by Crippen LogP contribution is -2.34. The Labute approximate surface area is 104 Å². The Balaban J connectivity index is 2.15. The number of carbonyl (C=O) groups is 1. The highest BCUT2D eigenvalue weighted by molar-refractivity contribution is 5.85. The third kappa shape index (κ3) is 2.68. The largest absolute Gasteiger partial charge is 0.371 e. The first-order valence-electron chi connectivity index (χ1n) is 6.55. The maximum atomic E-state index is 11.1. The smallest absolute Gasteiger partial charge is 0.152 e. The average molecular weight is 231 g/mol. The molecular formula is C15H21NO. The summed E-state index contributed by atoms with van der Waals surface area (Å²) in [7, 11) is 0. The summed E-state index contributed by atoms with van der Waals surface area (Å²) in [5, 5.41) is 0. The Hall–Kier alpha value is -1.31. The quantitative estimate of drug-likeness (QED) is 0.743. The Kier molecular flexibility index (Phi) is 3.82. The molecule has 0 spiro atoms. The number of nitrogens with zero attached hydrogens (tertiary/aromatic N) is 1. The van der Waals surface area contributed by atoms with Crippen LogP contribution in [0.3, 0.4) is 0 Å². The molecule has 0 aromatic heterocycles. The van der Waals surface area contributed by atoms with E-state index in [9.17, 15) is 4.79 Å². The van der Waals surface area contributed by atoms with Crippen molar-refractivity contribution in [1.29, 1.82) is 0 Å².